The highest BCUT2D eigenvalue weighted by atomic mass is 32.2. The Morgan fingerprint density at radius 3 is 2.33 bits per heavy atom. The fourth-order valence-electron chi connectivity index (χ4n) is 2.64. The Balaban J connectivity index is 2.19. The summed E-state index contributed by atoms with van der Waals surface area (Å²) in [5, 5.41) is 2.88. The number of rotatable bonds is 10. The molecule has 0 aliphatic rings. The molecule has 2 rings (SSSR count). The molecule has 0 radical (unpaired) electrons. The lowest BCUT2D eigenvalue weighted by Gasteiger charge is -2.23. The van der Waals surface area contributed by atoms with Gasteiger partial charge in [-0.05, 0) is 42.8 Å². The molecule has 2 aromatic rings. The van der Waals surface area contributed by atoms with Gasteiger partial charge in [0.05, 0.1) is 17.1 Å². The Morgan fingerprint density at radius 1 is 1.07 bits per heavy atom. The average Bonchev–Trinajstić information content (AvgIpc) is 2.70. The topological polar surface area (TPSA) is 66.5 Å². The summed E-state index contributed by atoms with van der Waals surface area (Å²) >= 11 is 0. The summed E-state index contributed by atoms with van der Waals surface area (Å²) in [5.74, 6) is -0.154. The van der Waals surface area contributed by atoms with Crippen molar-refractivity contribution in [3.63, 3.8) is 0 Å². The van der Waals surface area contributed by atoms with Crippen molar-refractivity contribution in [3.05, 3.63) is 72.8 Å². The van der Waals surface area contributed by atoms with E-state index in [1.807, 2.05) is 0 Å². The van der Waals surface area contributed by atoms with E-state index in [0.717, 1.165) is 19.3 Å². The maximum atomic E-state index is 12.9. The molecule has 0 spiro atoms. The summed E-state index contributed by atoms with van der Waals surface area (Å²) < 4.78 is 27.2. The smallest absolute Gasteiger partial charge is 0.264 e. The van der Waals surface area contributed by atoms with Crippen molar-refractivity contribution in [2.24, 2.45) is 0 Å². The number of anilines is 1. The molecule has 0 atom stereocenters. The lowest BCUT2D eigenvalue weighted by molar-refractivity contribution is 0.0953. The van der Waals surface area contributed by atoms with Gasteiger partial charge in [0.2, 0.25) is 0 Å². The van der Waals surface area contributed by atoms with E-state index in [0.29, 0.717) is 17.8 Å². The molecule has 27 heavy (non-hydrogen) atoms. The van der Waals surface area contributed by atoms with E-state index in [1.54, 1.807) is 54.6 Å². The first-order valence-electron chi connectivity index (χ1n) is 9.07. The first-order chi connectivity index (χ1) is 13.0. The van der Waals surface area contributed by atoms with Crippen molar-refractivity contribution in [3.8, 4) is 0 Å². The number of nitrogens with zero attached hydrogens (tertiary/aromatic N) is 1. The summed E-state index contributed by atoms with van der Waals surface area (Å²) in [6.07, 6.45) is 4.66. The number of carbonyl (C=O) groups excluding carboxylic acids is 1. The van der Waals surface area contributed by atoms with Gasteiger partial charge in [0.15, 0.2) is 0 Å². The van der Waals surface area contributed by atoms with Crippen molar-refractivity contribution >= 4 is 21.6 Å². The van der Waals surface area contributed by atoms with Crippen LogP contribution in [0, 0.1) is 0 Å². The molecule has 0 aliphatic heterocycles. The van der Waals surface area contributed by atoms with Gasteiger partial charge >= 0.3 is 0 Å². The van der Waals surface area contributed by atoms with Crippen molar-refractivity contribution in [1.82, 2.24) is 5.32 Å². The second-order valence-electron chi connectivity index (χ2n) is 6.15. The second-order valence-corrected chi connectivity index (χ2v) is 8.01. The minimum absolute atomic E-state index is 0.139. The standard InChI is InChI=1S/C21H26N2O3S/c1-3-5-9-16-22-21(24)18-12-14-19(15-13-18)23(17-4-2)27(25,26)20-10-7-6-8-11-20/h4,6-8,10-15H,2-3,5,9,16-17H2,1H3,(H,22,24). The number of amides is 1. The van der Waals surface area contributed by atoms with E-state index in [2.05, 4.69) is 18.8 Å². The Morgan fingerprint density at radius 2 is 1.74 bits per heavy atom. The molecule has 1 N–H and O–H groups in total. The number of sulfonamides is 1. The minimum atomic E-state index is -3.71. The third-order valence-electron chi connectivity index (χ3n) is 4.11. The number of hydrogen-bond donors (Lipinski definition) is 1. The molecule has 0 bridgehead atoms. The summed E-state index contributed by atoms with van der Waals surface area (Å²) in [4.78, 5) is 12.4. The number of unbranched alkanes of at least 4 members (excludes halogenated alkanes) is 2. The maximum Gasteiger partial charge on any atom is 0.264 e. The molecule has 0 saturated carbocycles. The molecule has 5 nitrogen and oxygen atoms in total. The molecule has 1 amide bonds. The van der Waals surface area contributed by atoms with Crippen LogP contribution in [0.1, 0.15) is 36.5 Å². The number of hydrogen-bond acceptors (Lipinski definition) is 3. The molecule has 2 aromatic carbocycles. The van der Waals surface area contributed by atoms with Gasteiger partial charge in [-0.15, -0.1) is 6.58 Å². The molecule has 0 aromatic heterocycles. The van der Waals surface area contributed by atoms with Crippen LogP contribution in [0.3, 0.4) is 0 Å². The lowest BCUT2D eigenvalue weighted by atomic mass is 10.2. The molecule has 0 unspecified atom stereocenters. The molecular formula is C21H26N2O3S. The van der Waals surface area contributed by atoms with Crippen LogP contribution in [-0.4, -0.2) is 27.4 Å². The predicted molar refractivity (Wildman–Crippen MR) is 109 cm³/mol. The summed E-state index contributed by atoms with van der Waals surface area (Å²) in [7, 11) is -3.71. The zero-order valence-electron chi connectivity index (χ0n) is 15.6. The third-order valence-corrected chi connectivity index (χ3v) is 5.92. The zero-order chi connectivity index (χ0) is 19.7. The predicted octanol–water partition coefficient (Wildman–Crippen LogP) is 3.99. The molecule has 144 valence electrons. The van der Waals surface area contributed by atoms with Gasteiger partial charge in [0.1, 0.15) is 0 Å². The van der Waals surface area contributed by atoms with Crippen molar-refractivity contribution in [1.29, 1.82) is 0 Å². The first-order valence-corrected chi connectivity index (χ1v) is 10.5. The second kappa shape index (κ2) is 9.92. The Kier molecular flexibility index (Phi) is 7.61. The Bertz CT molecular complexity index is 847. The number of carbonyl (C=O) groups is 1. The van der Waals surface area contributed by atoms with Crippen LogP contribution in [0.2, 0.25) is 0 Å². The zero-order valence-corrected chi connectivity index (χ0v) is 16.4. The van der Waals surface area contributed by atoms with Crippen LogP contribution >= 0.6 is 0 Å². The molecule has 0 heterocycles. The monoisotopic (exact) mass is 386 g/mol. The van der Waals surface area contributed by atoms with Crippen LogP contribution in [-0.2, 0) is 10.0 Å². The minimum Gasteiger partial charge on any atom is -0.352 e. The van der Waals surface area contributed by atoms with Gasteiger partial charge in [-0.3, -0.25) is 9.10 Å². The van der Waals surface area contributed by atoms with E-state index in [1.165, 1.54) is 10.4 Å². The first kappa shape index (κ1) is 20.7. The van der Waals surface area contributed by atoms with E-state index >= 15 is 0 Å². The van der Waals surface area contributed by atoms with Gasteiger partial charge in [-0.25, -0.2) is 8.42 Å². The summed E-state index contributed by atoms with van der Waals surface area (Å²) in [5.41, 5.74) is 0.993. The van der Waals surface area contributed by atoms with Crippen molar-refractivity contribution in [2.75, 3.05) is 17.4 Å². The van der Waals surface area contributed by atoms with Crippen molar-refractivity contribution < 1.29 is 13.2 Å². The fraction of sp³-hybridized carbons (Fsp3) is 0.286. The molecule has 0 saturated heterocycles. The van der Waals surface area contributed by atoms with Gasteiger partial charge in [0.25, 0.3) is 15.9 Å². The highest BCUT2D eigenvalue weighted by molar-refractivity contribution is 7.92. The fourth-order valence-corrected chi connectivity index (χ4v) is 4.09. The number of nitrogens with one attached hydrogen (secondary N) is 1. The van der Waals surface area contributed by atoms with Crippen LogP contribution < -0.4 is 9.62 Å². The average molecular weight is 387 g/mol. The van der Waals surface area contributed by atoms with Crippen LogP contribution in [0.4, 0.5) is 5.69 Å². The van der Waals surface area contributed by atoms with Gasteiger partial charge in [-0.2, -0.15) is 0 Å². The Hall–Kier alpha value is -2.60. The SMILES string of the molecule is C=CCN(c1ccc(C(=O)NCCCCC)cc1)S(=O)(=O)c1ccccc1. The van der Waals surface area contributed by atoms with Crippen LogP contribution in [0.15, 0.2) is 72.1 Å². The van der Waals surface area contributed by atoms with E-state index in [9.17, 15) is 13.2 Å². The summed E-state index contributed by atoms with van der Waals surface area (Å²) in [6, 6.07) is 14.8. The van der Waals surface area contributed by atoms with Crippen LogP contribution in [0.5, 0.6) is 0 Å². The largest absolute Gasteiger partial charge is 0.352 e. The van der Waals surface area contributed by atoms with E-state index in [4.69, 9.17) is 0 Å². The normalized spacial score (nSPS) is 11.0. The highest BCUT2D eigenvalue weighted by Crippen LogP contribution is 2.24. The van der Waals surface area contributed by atoms with E-state index < -0.39 is 10.0 Å². The quantitative estimate of drug-likeness (QED) is 0.496. The van der Waals surface area contributed by atoms with E-state index in [-0.39, 0.29) is 17.3 Å². The maximum absolute atomic E-state index is 12.9. The number of benzene rings is 2. The van der Waals surface area contributed by atoms with Gasteiger partial charge in [0, 0.05) is 12.1 Å². The molecule has 6 heteroatoms. The molecular weight excluding hydrogens is 360 g/mol. The summed E-state index contributed by atoms with van der Waals surface area (Å²) in [6.45, 7) is 6.54. The third kappa shape index (κ3) is 5.44. The van der Waals surface area contributed by atoms with Crippen molar-refractivity contribution in [2.45, 2.75) is 31.1 Å². The highest BCUT2D eigenvalue weighted by Gasteiger charge is 2.23. The van der Waals surface area contributed by atoms with Crippen LogP contribution in [0.25, 0.3) is 0 Å². The molecule has 0 aliphatic carbocycles. The Labute approximate surface area is 161 Å². The lowest BCUT2D eigenvalue weighted by Crippen LogP contribution is -2.31. The van der Waals surface area contributed by atoms with Gasteiger partial charge in [-0.1, -0.05) is 44.0 Å². The van der Waals surface area contributed by atoms with Gasteiger partial charge < -0.3 is 5.32 Å². The molecule has 0 fully saturated rings.